The van der Waals surface area contributed by atoms with E-state index in [4.69, 9.17) is 4.74 Å². The highest BCUT2D eigenvalue weighted by Crippen LogP contribution is 2.21. The number of rotatable bonds is 6. The standard InChI is InChI=1S/C17H27N3O4S2/c1-26(22,23)20(7-6-18-8-10-24-11-9-18)16-3-2-5-19(13-16)17(21)15-4-12-25-14-15/h4,12,14,16H,2-3,5-11,13H2,1H3. The maximum absolute atomic E-state index is 12.6. The third-order valence-corrected chi connectivity index (χ3v) is 7.04. The largest absolute Gasteiger partial charge is 0.379 e. The van der Waals surface area contributed by atoms with Crippen LogP contribution in [0.2, 0.25) is 0 Å². The Balaban J connectivity index is 1.64. The predicted octanol–water partition coefficient (Wildman–Crippen LogP) is 0.947. The molecule has 146 valence electrons. The van der Waals surface area contributed by atoms with Crippen LogP contribution in [0.15, 0.2) is 16.8 Å². The van der Waals surface area contributed by atoms with E-state index < -0.39 is 10.0 Å². The number of carbonyl (C=O) groups is 1. The summed E-state index contributed by atoms with van der Waals surface area (Å²) in [7, 11) is -3.33. The Hall–Kier alpha value is -1.00. The molecular weight excluding hydrogens is 374 g/mol. The summed E-state index contributed by atoms with van der Waals surface area (Å²) in [6.07, 6.45) is 2.89. The molecule has 7 nitrogen and oxygen atoms in total. The molecule has 1 atom stereocenters. The molecule has 3 rings (SSSR count). The van der Waals surface area contributed by atoms with Gasteiger partial charge in [-0.15, -0.1) is 0 Å². The monoisotopic (exact) mass is 401 g/mol. The van der Waals surface area contributed by atoms with E-state index in [0.717, 1.165) is 25.9 Å². The zero-order chi connectivity index (χ0) is 18.6. The van der Waals surface area contributed by atoms with Crippen LogP contribution in [-0.2, 0) is 14.8 Å². The summed E-state index contributed by atoms with van der Waals surface area (Å²) >= 11 is 1.50. The number of piperidine rings is 1. The first kappa shape index (κ1) is 19.8. The maximum Gasteiger partial charge on any atom is 0.254 e. The molecule has 0 spiro atoms. The molecule has 1 aromatic heterocycles. The molecule has 26 heavy (non-hydrogen) atoms. The molecule has 0 aliphatic carbocycles. The molecule has 1 aromatic rings. The van der Waals surface area contributed by atoms with Gasteiger partial charge in [-0.25, -0.2) is 8.42 Å². The first-order chi connectivity index (χ1) is 12.4. The number of carbonyl (C=O) groups excluding carboxylic acids is 1. The van der Waals surface area contributed by atoms with Crippen LogP contribution in [-0.4, -0.2) is 93.2 Å². The van der Waals surface area contributed by atoms with Crippen LogP contribution in [0.25, 0.3) is 0 Å². The quantitative estimate of drug-likeness (QED) is 0.710. The lowest BCUT2D eigenvalue weighted by atomic mass is 10.0. The number of morpholine rings is 1. The Morgan fingerprint density at radius 3 is 2.77 bits per heavy atom. The number of thiophene rings is 1. The lowest BCUT2D eigenvalue weighted by Gasteiger charge is -2.39. The highest BCUT2D eigenvalue weighted by molar-refractivity contribution is 7.88. The zero-order valence-electron chi connectivity index (χ0n) is 15.2. The van der Waals surface area contributed by atoms with Gasteiger partial charge in [0.2, 0.25) is 10.0 Å². The Bertz CT molecular complexity index is 687. The van der Waals surface area contributed by atoms with E-state index in [0.29, 0.717) is 45.0 Å². The normalized spacial score (nSPS) is 22.7. The molecule has 0 saturated carbocycles. The number of nitrogens with zero attached hydrogens (tertiary/aromatic N) is 3. The molecule has 2 saturated heterocycles. The first-order valence-electron chi connectivity index (χ1n) is 9.03. The zero-order valence-corrected chi connectivity index (χ0v) is 16.8. The minimum absolute atomic E-state index is 0.00224. The number of amides is 1. The van der Waals surface area contributed by atoms with Crippen molar-refractivity contribution >= 4 is 27.3 Å². The molecule has 2 aliphatic rings. The van der Waals surface area contributed by atoms with E-state index in [9.17, 15) is 13.2 Å². The van der Waals surface area contributed by atoms with Crippen molar-refractivity contribution in [3.05, 3.63) is 22.4 Å². The lowest BCUT2D eigenvalue weighted by Crippen LogP contribution is -2.53. The van der Waals surface area contributed by atoms with Gasteiger partial charge in [-0.3, -0.25) is 9.69 Å². The van der Waals surface area contributed by atoms with Crippen LogP contribution in [0.1, 0.15) is 23.2 Å². The van der Waals surface area contributed by atoms with Gasteiger partial charge in [0.05, 0.1) is 25.0 Å². The molecule has 3 heterocycles. The first-order valence-corrected chi connectivity index (χ1v) is 11.8. The average molecular weight is 402 g/mol. The molecule has 1 unspecified atom stereocenters. The van der Waals surface area contributed by atoms with Crippen LogP contribution in [0.4, 0.5) is 0 Å². The van der Waals surface area contributed by atoms with Crippen LogP contribution in [0.3, 0.4) is 0 Å². The summed E-state index contributed by atoms with van der Waals surface area (Å²) in [5.74, 6) is -0.00224. The Labute approximate surface area is 159 Å². The lowest BCUT2D eigenvalue weighted by molar-refractivity contribution is 0.0334. The fraction of sp³-hybridized carbons (Fsp3) is 0.706. The van der Waals surface area contributed by atoms with Crippen molar-refractivity contribution in [1.29, 1.82) is 0 Å². The van der Waals surface area contributed by atoms with Gasteiger partial charge >= 0.3 is 0 Å². The van der Waals surface area contributed by atoms with Crippen molar-refractivity contribution in [3.63, 3.8) is 0 Å². The summed E-state index contributed by atoms with van der Waals surface area (Å²) in [4.78, 5) is 16.7. The number of hydrogen-bond acceptors (Lipinski definition) is 6. The van der Waals surface area contributed by atoms with Crippen molar-refractivity contribution in [1.82, 2.24) is 14.1 Å². The van der Waals surface area contributed by atoms with Gasteiger partial charge in [-0.1, -0.05) is 0 Å². The van der Waals surface area contributed by atoms with Gasteiger partial charge in [0.25, 0.3) is 5.91 Å². The fourth-order valence-corrected chi connectivity index (χ4v) is 5.38. The van der Waals surface area contributed by atoms with E-state index in [1.807, 2.05) is 16.8 Å². The second-order valence-corrected chi connectivity index (χ2v) is 9.60. The van der Waals surface area contributed by atoms with Crippen molar-refractivity contribution in [2.45, 2.75) is 18.9 Å². The predicted molar refractivity (Wildman–Crippen MR) is 102 cm³/mol. The van der Waals surface area contributed by atoms with E-state index in [2.05, 4.69) is 4.90 Å². The Morgan fingerprint density at radius 1 is 1.35 bits per heavy atom. The smallest absolute Gasteiger partial charge is 0.254 e. The van der Waals surface area contributed by atoms with Gasteiger partial charge < -0.3 is 9.64 Å². The second kappa shape index (κ2) is 8.79. The van der Waals surface area contributed by atoms with Gasteiger partial charge in [-0.05, 0) is 24.3 Å². The van der Waals surface area contributed by atoms with Gasteiger partial charge in [0, 0.05) is 50.7 Å². The minimum atomic E-state index is -3.33. The second-order valence-electron chi connectivity index (χ2n) is 6.89. The molecule has 2 fully saturated rings. The number of sulfonamides is 1. The molecular formula is C17H27N3O4S2. The molecule has 0 bridgehead atoms. The molecule has 0 radical (unpaired) electrons. The van der Waals surface area contributed by atoms with E-state index in [-0.39, 0.29) is 11.9 Å². The van der Waals surface area contributed by atoms with E-state index in [1.165, 1.54) is 17.6 Å². The molecule has 9 heteroatoms. The Kier molecular flexibility index (Phi) is 6.68. The van der Waals surface area contributed by atoms with Crippen LogP contribution in [0.5, 0.6) is 0 Å². The van der Waals surface area contributed by atoms with Crippen LogP contribution < -0.4 is 0 Å². The summed E-state index contributed by atoms with van der Waals surface area (Å²) in [6.45, 7) is 5.39. The van der Waals surface area contributed by atoms with Crippen LogP contribution in [0, 0.1) is 0 Å². The van der Waals surface area contributed by atoms with E-state index in [1.54, 1.807) is 9.21 Å². The third-order valence-electron chi connectivity index (χ3n) is 5.03. The van der Waals surface area contributed by atoms with Crippen molar-refractivity contribution < 1.29 is 17.9 Å². The topological polar surface area (TPSA) is 70.2 Å². The highest BCUT2D eigenvalue weighted by Gasteiger charge is 2.33. The Morgan fingerprint density at radius 2 is 2.12 bits per heavy atom. The van der Waals surface area contributed by atoms with Crippen molar-refractivity contribution in [2.75, 3.05) is 58.7 Å². The SMILES string of the molecule is CS(=O)(=O)N(CCN1CCOCC1)C1CCCN(C(=O)c2ccsc2)C1. The minimum Gasteiger partial charge on any atom is -0.379 e. The number of likely N-dealkylation sites (tertiary alicyclic amines) is 1. The van der Waals surface area contributed by atoms with Crippen molar-refractivity contribution in [2.24, 2.45) is 0 Å². The third kappa shape index (κ3) is 5.04. The average Bonchev–Trinajstić information content (AvgIpc) is 3.16. The number of hydrogen-bond donors (Lipinski definition) is 0. The summed E-state index contributed by atoms with van der Waals surface area (Å²) in [5, 5.41) is 3.73. The highest BCUT2D eigenvalue weighted by atomic mass is 32.2. The molecule has 0 N–H and O–H groups in total. The summed E-state index contributed by atoms with van der Waals surface area (Å²) in [6, 6.07) is 1.67. The summed E-state index contributed by atoms with van der Waals surface area (Å²) < 4.78 is 31.7. The number of ether oxygens (including phenoxy) is 1. The van der Waals surface area contributed by atoms with Gasteiger partial charge in [0.1, 0.15) is 0 Å². The molecule has 1 amide bonds. The van der Waals surface area contributed by atoms with Gasteiger partial charge in [0.15, 0.2) is 0 Å². The van der Waals surface area contributed by atoms with Crippen molar-refractivity contribution in [3.8, 4) is 0 Å². The fourth-order valence-electron chi connectivity index (χ4n) is 3.63. The molecule has 2 aliphatic heterocycles. The maximum atomic E-state index is 12.6. The van der Waals surface area contributed by atoms with E-state index >= 15 is 0 Å². The summed E-state index contributed by atoms with van der Waals surface area (Å²) in [5.41, 5.74) is 0.690. The molecule has 0 aromatic carbocycles. The van der Waals surface area contributed by atoms with Gasteiger partial charge in [-0.2, -0.15) is 15.6 Å². The van der Waals surface area contributed by atoms with Crippen LogP contribution >= 0.6 is 11.3 Å².